The fraction of sp³-hybridized carbons (Fsp3) is 0.316. The minimum Gasteiger partial charge on any atom is -0.491 e. The van der Waals surface area contributed by atoms with E-state index in [1.165, 1.54) is 0 Å². The van der Waals surface area contributed by atoms with Gasteiger partial charge in [0.1, 0.15) is 73.8 Å². The predicted molar refractivity (Wildman–Crippen MR) is 173 cm³/mol. The monoisotopic (exact) mass is 618 g/mol. The number of hydrogen-bond donors (Lipinski definition) is 0. The Kier molecular flexibility index (Phi) is 7.16. The quantitative estimate of drug-likeness (QED) is 0.132. The molecule has 9 rings (SSSR count). The van der Waals surface area contributed by atoms with E-state index in [4.69, 9.17) is 37.9 Å². The highest BCUT2D eigenvalue weighted by Crippen LogP contribution is 2.41. The van der Waals surface area contributed by atoms with Crippen LogP contribution in [-0.4, -0.2) is 77.3 Å². The summed E-state index contributed by atoms with van der Waals surface area (Å²) >= 11 is 0. The van der Waals surface area contributed by atoms with Crippen LogP contribution in [0.5, 0.6) is 23.0 Å². The molecular formula is C38H34O8. The van der Waals surface area contributed by atoms with Crippen molar-refractivity contribution in [3.8, 4) is 45.3 Å². The molecule has 0 amide bonds. The van der Waals surface area contributed by atoms with Gasteiger partial charge in [-0.05, 0) is 87.6 Å². The van der Waals surface area contributed by atoms with Crippen LogP contribution in [0, 0.1) is 0 Å². The molecule has 4 saturated heterocycles. The number of fused-ring (bicyclic) bond motifs is 2. The highest BCUT2D eigenvalue weighted by molar-refractivity contribution is 6.03. The molecule has 4 atom stereocenters. The normalized spacial score (nSPS) is 22.4. The SMILES string of the molecule is c1cc(-c2ccc(OCC3CO3)c3cc(OCC4CO4)ccc23)cc(-c2ccc(OCC3CO3)c3cc(OCC4CO4)ccc23)c1. The number of epoxide rings is 4. The van der Waals surface area contributed by atoms with Gasteiger partial charge in [-0.1, -0.05) is 30.3 Å². The maximum atomic E-state index is 6.22. The van der Waals surface area contributed by atoms with E-state index in [2.05, 4.69) is 72.8 Å². The van der Waals surface area contributed by atoms with E-state index in [1.807, 2.05) is 12.1 Å². The van der Waals surface area contributed by atoms with Gasteiger partial charge in [0.2, 0.25) is 0 Å². The summed E-state index contributed by atoms with van der Waals surface area (Å²) in [4.78, 5) is 0. The molecule has 0 spiro atoms. The zero-order valence-corrected chi connectivity index (χ0v) is 25.3. The second kappa shape index (κ2) is 11.8. The fourth-order valence-electron chi connectivity index (χ4n) is 5.79. The highest BCUT2D eigenvalue weighted by atomic mass is 16.6. The Morgan fingerprint density at radius 1 is 0.435 bits per heavy atom. The van der Waals surface area contributed by atoms with Crippen LogP contribution in [0.2, 0.25) is 0 Å². The molecule has 46 heavy (non-hydrogen) atoms. The van der Waals surface area contributed by atoms with Crippen molar-refractivity contribution in [2.75, 3.05) is 52.9 Å². The second-order valence-electron chi connectivity index (χ2n) is 12.3. The molecule has 0 bridgehead atoms. The Morgan fingerprint density at radius 3 is 1.26 bits per heavy atom. The van der Waals surface area contributed by atoms with Crippen molar-refractivity contribution >= 4 is 21.5 Å². The van der Waals surface area contributed by atoms with Gasteiger partial charge >= 0.3 is 0 Å². The van der Waals surface area contributed by atoms with E-state index in [1.54, 1.807) is 0 Å². The van der Waals surface area contributed by atoms with Gasteiger partial charge in [0.05, 0.1) is 26.4 Å². The van der Waals surface area contributed by atoms with E-state index in [0.717, 1.165) is 93.2 Å². The Bertz CT molecular complexity index is 1770. The third-order valence-corrected chi connectivity index (χ3v) is 8.71. The number of rotatable bonds is 14. The molecule has 0 aliphatic carbocycles. The van der Waals surface area contributed by atoms with Crippen molar-refractivity contribution in [2.45, 2.75) is 24.4 Å². The van der Waals surface area contributed by atoms with Gasteiger partial charge in [0.15, 0.2) is 0 Å². The van der Waals surface area contributed by atoms with Crippen LogP contribution in [-0.2, 0) is 18.9 Å². The van der Waals surface area contributed by atoms with Gasteiger partial charge in [0.25, 0.3) is 0 Å². The third-order valence-electron chi connectivity index (χ3n) is 8.71. The first-order valence-corrected chi connectivity index (χ1v) is 16.0. The molecule has 4 aliphatic rings. The Hall–Kier alpha value is -4.34. The van der Waals surface area contributed by atoms with Gasteiger partial charge in [-0.15, -0.1) is 0 Å². The van der Waals surface area contributed by atoms with Crippen LogP contribution >= 0.6 is 0 Å². The first-order valence-electron chi connectivity index (χ1n) is 16.0. The van der Waals surface area contributed by atoms with Crippen LogP contribution in [0.15, 0.2) is 84.9 Å². The summed E-state index contributed by atoms with van der Waals surface area (Å²) in [6, 6.07) is 29.5. The molecule has 5 aromatic rings. The van der Waals surface area contributed by atoms with Crippen molar-refractivity contribution < 1.29 is 37.9 Å². The highest BCUT2D eigenvalue weighted by Gasteiger charge is 2.26. The van der Waals surface area contributed by atoms with Crippen LogP contribution in [0.1, 0.15) is 0 Å². The van der Waals surface area contributed by atoms with E-state index in [-0.39, 0.29) is 24.4 Å². The van der Waals surface area contributed by atoms with Crippen LogP contribution < -0.4 is 18.9 Å². The predicted octanol–water partition coefficient (Wildman–Crippen LogP) is 6.44. The molecule has 0 aromatic heterocycles. The third kappa shape index (κ3) is 6.22. The molecule has 8 nitrogen and oxygen atoms in total. The largest absolute Gasteiger partial charge is 0.491 e. The Labute approximate surface area is 266 Å². The maximum Gasteiger partial charge on any atom is 0.127 e. The van der Waals surface area contributed by atoms with Crippen LogP contribution in [0.25, 0.3) is 43.8 Å². The summed E-state index contributed by atoms with van der Waals surface area (Å²) in [5, 5.41) is 4.21. The fourth-order valence-corrected chi connectivity index (χ4v) is 5.79. The molecule has 8 heteroatoms. The second-order valence-corrected chi connectivity index (χ2v) is 12.3. The zero-order valence-electron chi connectivity index (χ0n) is 25.3. The van der Waals surface area contributed by atoms with E-state index >= 15 is 0 Å². The molecular weight excluding hydrogens is 584 g/mol. The number of ether oxygens (including phenoxy) is 8. The molecule has 234 valence electrons. The minimum absolute atomic E-state index is 0.168. The topological polar surface area (TPSA) is 87.0 Å². The van der Waals surface area contributed by atoms with Gasteiger partial charge in [-0.2, -0.15) is 0 Å². The number of hydrogen-bond acceptors (Lipinski definition) is 8. The average molecular weight is 619 g/mol. The lowest BCUT2D eigenvalue weighted by atomic mass is 9.92. The molecule has 4 unspecified atom stereocenters. The smallest absolute Gasteiger partial charge is 0.127 e. The minimum atomic E-state index is 0.168. The standard InChI is InChI=1S/C38H34O8/c1-2-23(31-8-10-37(45-21-29-19-43-29)35-13-25(4-6-33(31)35)39-15-27-17-41-27)12-24(3-1)32-9-11-38(46-22-30-20-44-30)36-14-26(5-7-34(32)36)40-16-28-18-42-28/h1-14,27-30H,15-22H2. The van der Waals surface area contributed by atoms with Gasteiger partial charge in [0, 0.05) is 10.8 Å². The Balaban J connectivity index is 1.08. The summed E-state index contributed by atoms with van der Waals surface area (Å²) in [7, 11) is 0. The first-order chi connectivity index (χ1) is 22.7. The molecule has 4 aliphatic heterocycles. The van der Waals surface area contributed by atoms with Crippen molar-refractivity contribution in [2.24, 2.45) is 0 Å². The van der Waals surface area contributed by atoms with E-state index in [0.29, 0.717) is 26.4 Å². The summed E-state index contributed by atoms with van der Waals surface area (Å²) < 4.78 is 46.0. The summed E-state index contributed by atoms with van der Waals surface area (Å²) in [5.74, 6) is 3.25. The molecule has 0 N–H and O–H groups in total. The zero-order chi connectivity index (χ0) is 30.5. The van der Waals surface area contributed by atoms with Crippen LogP contribution in [0.3, 0.4) is 0 Å². The molecule has 5 aromatic carbocycles. The van der Waals surface area contributed by atoms with Gasteiger partial charge in [-0.25, -0.2) is 0 Å². The lowest BCUT2D eigenvalue weighted by Gasteiger charge is -2.16. The lowest BCUT2D eigenvalue weighted by molar-refractivity contribution is 0.262. The molecule has 4 fully saturated rings. The van der Waals surface area contributed by atoms with Crippen molar-refractivity contribution in [3.63, 3.8) is 0 Å². The van der Waals surface area contributed by atoms with Crippen molar-refractivity contribution in [1.29, 1.82) is 0 Å². The van der Waals surface area contributed by atoms with Gasteiger partial charge in [-0.3, -0.25) is 0 Å². The van der Waals surface area contributed by atoms with E-state index < -0.39 is 0 Å². The summed E-state index contributed by atoms with van der Waals surface area (Å²) in [5.41, 5.74) is 4.47. The molecule has 0 radical (unpaired) electrons. The van der Waals surface area contributed by atoms with E-state index in [9.17, 15) is 0 Å². The lowest BCUT2D eigenvalue weighted by Crippen LogP contribution is -2.05. The average Bonchev–Trinajstić information content (AvgIpc) is 3.90. The molecule has 4 heterocycles. The van der Waals surface area contributed by atoms with Crippen LogP contribution in [0.4, 0.5) is 0 Å². The maximum absolute atomic E-state index is 6.22. The van der Waals surface area contributed by atoms with Crippen molar-refractivity contribution in [1.82, 2.24) is 0 Å². The summed E-state index contributed by atoms with van der Waals surface area (Å²) in [6.07, 6.45) is 0.712. The van der Waals surface area contributed by atoms with Crippen molar-refractivity contribution in [3.05, 3.63) is 84.9 Å². The first kappa shape index (κ1) is 27.9. The van der Waals surface area contributed by atoms with Gasteiger partial charge < -0.3 is 37.9 Å². The number of benzene rings is 5. The molecule has 0 saturated carbocycles. The Morgan fingerprint density at radius 2 is 0.848 bits per heavy atom. The summed E-state index contributed by atoms with van der Waals surface area (Å²) in [6.45, 7) is 5.18.